The highest BCUT2D eigenvalue weighted by Gasteiger charge is 2.25. The van der Waals surface area contributed by atoms with Crippen molar-refractivity contribution in [3.05, 3.63) is 23.5 Å². The summed E-state index contributed by atoms with van der Waals surface area (Å²) >= 11 is 0. The van der Waals surface area contributed by atoms with Crippen LogP contribution in [0.15, 0.2) is 10.7 Å². The molecule has 7 nitrogen and oxygen atoms in total. The second-order valence-corrected chi connectivity index (χ2v) is 4.99. The third kappa shape index (κ3) is 2.56. The third-order valence-corrected chi connectivity index (χ3v) is 3.62. The minimum atomic E-state index is 0.257. The van der Waals surface area contributed by atoms with E-state index in [0.717, 1.165) is 36.5 Å². The first-order valence-electron chi connectivity index (χ1n) is 6.94. The highest BCUT2D eigenvalue weighted by atomic mass is 16.5. The van der Waals surface area contributed by atoms with Gasteiger partial charge >= 0.3 is 0 Å². The lowest BCUT2D eigenvalue weighted by Crippen LogP contribution is -2.10. The van der Waals surface area contributed by atoms with Crippen LogP contribution in [0.1, 0.15) is 49.4 Å². The van der Waals surface area contributed by atoms with Gasteiger partial charge in [0.05, 0.1) is 6.54 Å². The monoisotopic (exact) mass is 274 g/mol. The average Bonchev–Trinajstić information content (AvgIpc) is 2.83. The molecule has 0 bridgehead atoms. The number of aromatic nitrogens is 4. The highest BCUT2D eigenvalue weighted by molar-refractivity contribution is 5.45. The zero-order valence-corrected chi connectivity index (χ0v) is 11.5. The molecule has 106 valence electrons. The molecular weight excluding hydrogens is 256 g/mol. The van der Waals surface area contributed by atoms with E-state index >= 15 is 0 Å². The lowest BCUT2D eigenvalue weighted by Gasteiger charge is -2.20. The van der Waals surface area contributed by atoms with Crippen molar-refractivity contribution >= 4 is 11.8 Å². The van der Waals surface area contributed by atoms with Crippen molar-refractivity contribution in [2.45, 2.75) is 45.1 Å². The number of nitrogen functional groups attached to an aromatic ring is 1. The predicted octanol–water partition coefficient (Wildman–Crippen LogP) is 1.88. The molecule has 1 aliphatic carbocycles. The van der Waals surface area contributed by atoms with E-state index in [2.05, 4.69) is 25.4 Å². The molecule has 2 aromatic rings. The first-order chi connectivity index (χ1) is 9.76. The number of nitrogens with two attached hydrogens (primary N) is 1. The maximum Gasteiger partial charge on any atom is 0.229 e. The molecule has 2 heterocycles. The number of nitrogens with zero attached hydrogens (tertiary/aromatic N) is 4. The van der Waals surface area contributed by atoms with E-state index in [0.29, 0.717) is 18.3 Å². The Bertz CT molecular complexity index is 592. The number of anilines is 2. The van der Waals surface area contributed by atoms with E-state index < -0.39 is 0 Å². The molecule has 3 N–H and O–H groups in total. The SMILES string of the molecule is CCc1cnc(N)nc1NCc1noc(C2CCC2)n1. The van der Waals surface area contributed by atoms with Gasteiger partial charge in [0, 0.05) is 17.7 Å². The minimum Gasteiger partial charge on any atom is -0.368 e. The van der Waals surface area contributed by atoms with Crippen LogP contribution in [0.5, 0.6) is 0 Å². The van der Waals surface area contributed by atoms with Gasteiger partial charge in [-0.25, -0.2) is 4.98 Å². The van der Waals surface area contributed by atoms with Crippen LogP contribution in [-0.2, 0) is 13.0 Å². The van der Waals surface area contributed by atoms with E-state index in [1.807, 2.05) is 6.92 Å². The summed E-state index contributed by atoms with van der Waals surface area (Å²) < 4.78 is 5.28. The average molecular weight is 274 g/mol. The summed E-state index contributed by atoms with van der Waals surface area (Å²) in [6, 6.07) is 0. The molecular formula is C13H18N6O. The van der Waals surface area contributed by atoms with Crippen molar-refractivity contribution in [2.24, 2.45) is 0 Å². The van der Waals surface area contributed by atoms with Crippen molar-refractivity contribution in [3.8, 4) is 0 Å². The van der Waals surface area contributed by atoms with Crippen molar-refractivity contribution < 1.29 is 4.52 Å². The molecule has 0 aromatic carbocycles. The molecule has 2 aromatic heterocycles. The fourth-order valence-corrected chi connectivity index (χ4v) is 2.16. The Hall–Kier alpha value is -2.18. The first-order valence-corrected chi connectivity index (χ1v) is 6.94. The van der Waals surface area contributed by atoms with E-state index in [1.165, 1.54) is 6.42 Å². The third-order valence-electron chi connectivity index (χ3n) is 3.62. The van der Waals surface area contributed by atoms with E-state index in [1.54, 1.807) is 6.20 Å². The largest absolute Gasteiger partial charge is 0.368 e. The Labute approximate surface area is 117 Å². The highest BCUT2D eigenvalue weighted by Crippen LogP contribution is 2.35. The summed E-state index contributed by atoms with van der Waals surface area (Å²) in [5.41, 5.74) is 6.62. The van der Waals surface area contributed by atoms with E-state index in [9.17, 15) is 0 Å². The van der Waals surface area contributed by atoms with Crippen LogP contribution in [0.3, 0.4) is 0 Å². The van der Waals surface area contributed by atoms with Crippen LogP contribution < -0.4 is 11.1 Å². The van der Waals surface area contributed by atoms with Gasteiger partial charge in [-0.15, -0.1) is 0 Å². The fraction of sp³-hybridized carbons (Fsp3) is 0.538. The van der Waals surface area contributed by atoms with Gasteiger partial charge in [-0.3, -0.25) is 0 Å². The summed E-state index contributed by atoms with van der Waals surface area (Å²) in [5, 5.41) is 7.18. The van der Waals surface area contributed by atoms with Gasteiger partial charge in [0.25, 0.3) is 0 Å². The summed E-state index contributed by atoms with van der Waals surface area (Å²) in [5.74, 6) is 2.84. The Kier molecular flexibility index (Phi) is 3.49. The van der Waals surface area contributed by atoms with E-state index in [4.69, 9.17) is 10.3 Å². The molecule has 20 heavy (non-hydrogen) atoms. The Morgan fingerprint density at radius 3 is 2.95 bits per heavy atom. The molecule has 3 rings (SSSR count). The van der Waals surface area contributed by atoms with Gasteiger partial charge in [-0.2, -0.15) is 9.97 Å². The Balaban J connectivity index is 1.66. The topological polar surface area (TPSA) is 103 Å². The lowest BCUT2D eigenvalue weighted by molar-refractivity contribution is 0.291. The van der Waals surface area contributed by atoms with Crippen LogP contribution in [0, 0.1) is 0 Å². The smallest absolute Gasteiger partial charge is 0.229 e. The van der Waals surface area contributed by atoms with E-state index in [-0.39, 0.29) is 5.95 Å². The van der Waals surface area contributed by atoms with Crippen LogP contribution >= 0.6 is 0 Å². The van der Waals surface area contributed by atoms with Gasteiger partial charge in [-0.05, 0) is 19.3 Å². The lowest BCUT2D eigenvalue weighted by atomic mass is 9.85. The molecule has 0 atom stereocenters. The maximum atomic E-state index is 5.61. The molecule has 0 unspecified atom stereocenters. The first kappa shape index (κ1) is 12.8. The van der Waals surface area contributed by atoms with Gasteiger partial charge < -0.3 is 15.6 Å². The number of hydrogen-bond acceptors (Lipinski definition) is 7. The molecule has 0 amide bonds. The normalized spacial score (nSPS) is 15.1. The van der Waals surface area contributed by atoms with Crippen molar-refractivity contribution in [1.82, 2.24) is 20.1 Å². The van der Waals surface area contributed by atoms with Crippen LogP contribution in [0.25, 0.3) is 0 Å². The molecule has 1 aliphatic rings. The zero-order chi connectivity index (χ0) is 13.9. The second-order valence-electron chi connectivity index (χ2n) is 4.99. The molecule has 0 spiro atoms. The molecule has 0 saturated heterocycles. The summed E-state index contributed by atoms with van der Waals surface area (Å²) in [6.45, 7) is 2.52. The summed E-state index contributed by atoms with van der Waals surface area (Å²) in [7, 11) is 0. The standard InChI is InChI=1S/C13H18N6O/c1-2-8-6-16-13(14)18-11(8)15-7-10-17-12(20-19-10)9-4-3-5-9/h6,9H,2-5,7H2,1H3,(H3,14,15,16,18). The molecule has 0 aliphatic heterocycles. The second kappa shape index (κ2) is 5.44. The van der Waals surface area contributed by atoms with Crippen molar-refractivity contribution in [1.29, 1.82) is 0 Å². The molecule has 7 heteroatoms. The van der Waals surface area contributed by atoms with Crippen molar-refractivity contribution in [3.63, 3.8) is 0 Å². The van der Waals surface area contributed by atoms with Crippen LogP contribution in [-0.4, -0.2) is 20.1 Å². The molecule has 0 radical (unpaired) electrons. The number of rotatable bonds is 5. The van der Waals surface area contributed by atoms with Gasteiger partial charge in [-0.1, -0.05) is 18.5 Å². The van der Waals surface area contributed by atoms with Gasteiger partial charge in [0.15, 0.2) is 5.82 Å². The summed E-state index contributed by atoms with van der Waals surface area (Å²) in [4.78, 5) is 12.6. The zero-order valence-electron chi connectivity index (χ0n) is 11.5. The predicted molar refractivity (Wildman–Crippen MR) is 74.0 cm³/mol. The molecule has 1 saturated carbocycles. The fourth-order valence-electron chi connectivity index (χ4n) is 2.16. The Morgan fingerprint density at radius 1 is 1.40 bits per heavy atom. The maximum absolute atomic E-state index is 5.61. The number of aryl methyl sites for hydroxylation is 1. The van der Waals surface area contributed by atoms with Gasteiger partial charge in [0.1, 0.15) is 5.82 Å². The van der Waals surface area contributed by atoms with Gasteiger partial charge in [0.2, 0.25) is 11.8 Å². The molecule has 1 fully saturated rings. The quantitative estimate of drug-likeness (QED) is 0.858. The van der Waals surface area contributed by atoms with Crippen LogP contribution in [0.4, 0.5) is 11.8 Å². The minimum absolute atomic E-state index is 0.257. The number of nitrogens with one attached hydrogen (secondary N) is 1. The van der Waals surface area contributed by atoms with Crippen LogP contribution in [0.2, 0.25) is 0 Å². The summed E-state index contributed by atoms with van der Waals surface area (Å²) in [6.07, 6.45) is 6.12. The Morgan fingerprint density at radius 2 is 2.25 bits per heavy atom. The number of hydrogen-bond donors (Lipinski definition) is 2. The van der Waals surface area contributed by atoms with Crippen molar-refractivity contribution in [2.75, 3.05) is 11.1 Å².